The van der Waals surface area contributed by atoms with Crippen LogP contribution >= 0.6 is 11.6 Å². The third-order valence-electron chi connectivity index (χ3n) is 5.72. The molecule has 0 saturated carbocycles. The zero-order chi connectivity index (χ0) is 22.3. The number of nitrogens with one attached hydrogen (secondary N) is 2. The second kappa shape index (κ2) is 10.7. The minimum atomic E-state index is -0.368. The number of likely N-dealkylation sites (tertiary alicyclic amines) is 1. The average Bonchev–Trinajstić information content (AvgIpc) is 3.06. The van der Waals surface area contributed by atoms with Gasteiger partial charge in [0, 0.05) is 17.1 Å². The van der Waals surface area contributed by atoms with Gasteiger partial charge in [-0.15, -0.1) is 0 Å². The number of halogens is 1. The summed E-state index contributed by atoms with van der Waals surface area (Å²) < 4.78 is 5.77. The molecule has 6 nitrogen and oxygen atoms in total. The van der Waals surface area contributed by atoms with Crippen molar-refractivity contribution in [3.8, 4) is 5.75 Å². The van der Waals surface area contributed by atoms with E-state index in [9.17, 15) is 9.59 Å². The summed E-state index contributed by atoms with van der Waals surface area (Å²) in [6.45, 7) is 3.95. The number of ether oxygens (including phenoxy) is 1. The Bertz CT molecular complexity index is 1010. The molecular formula is C25H28ClN3O3. The topological polar surface area (TPSA) is 70.7 Å². The number of anilines is 1. The van der Waals surface area contributed by atoms with Gasteiger partial charge in [0.15, 0.2) is 11.5 Å². The fourth-order valence-electron chi connectivity index (χ4n) is 4.02. The predicted octanol–water partition coefficient (Wildman–Crippen LogP) is 4.71. The van der Waals surface area contributed by atoms with Gasteiger partial charge in [0.25, 0.3) is 11.8 Å². The molecule has 0 aliphatic carbocycles. The number of fused-ring (bicyclic) bond motifs is 1. The van der Waals surface area contributed by atoms with Crippen molar-refractivity contribution in [2.24, 2.45) is 0 Å². The number of carbonyl (C=O) groups is 2. The molecule has 168 valence electrons. The largest absolute Gasteiger partial charge is 0.449 e. The van der Waals surface area contributed by atoms with E-state index in [0.717, 1.165) is 31.6 Å². The van der Waals surface area contributed by atoms with Gasteiger partial charge in [-0.3, -0.25) is 9.59 Å². The van der Waals surface area contributed by atoms with Crippen molar-refractivity contribution in [1.82, 2.24) is 10.2 Å². The van der Waals surface area contributed by atoms with Crippen molar-refractivity contribution >= 4 is 35.2 Å². The van der Waals surface area contributed by atoms with Gasteiger partial charge in [0.1, 0.15) is 0 Å². The number of benzene rings is 2. The molecule has 2 aliphatic rings. The van der Waals surface area contributed by atoms with Crippen LogP contribution < -0.4 is 15.4 Å². The molecule has 0 radical (unpaired) electrons. The molecule has 0 spiro atoms. The fraction of sp³-hybridized carbons (Fsp3) is 0.360. The molecule has 0 atom stereocenters. The lowest BCUT2D eigenvalue weighted by atomic mass is 10.1. The van der Waals surface area contributed by atoms with E-state index in [4.69, 9.17) is 16.3 Å². The van der Waals surface area contributed by atoms with E-state index >= 15 is 0 Å². The highest BCUT2D eigenvalue weighted by molar-refractivity contribution is 6.30. The highest BCUT2D eigenvalue weighted by atomic mass is 35.5. The normalized spacial score (nSPS) is 17.8. The summed E-state index contributed by atoms with van der Waals surface area (Å²) in [6.07, 6.45) is 7.74. The van der Waals surface area contributed by atoms with Gasteiger partial charge in [0.05, 0.1) is 5.69 Å². The summed E-state index contributed by atoms with van der Waals surface area (Å²) in [7, 11) is 0. The Balaban J connectivity index is 1.33. The average molecular weight is 454 g/mol. The van der Waals surface area contributed by atoms with E-state index < -0.39 is 0 Å². The standard InChI is InChI=1S/C25H28ClN3O3/c26-20-8-5-7-18(15-20)16-23-25(31)28-21-17-19(9-10-22(21)32-23)24(30)27-11-6-14-29-12-3-1-2-4-13-29/h5,7-10,15-17H,1-4,6,11-14H2,(H,27,30)(H,28,31)/b23-16+. The van der Waals surface area contributed by atoms with Crippen LogP contribution in [-0.4, -0.2) is 42.9 Å². The Hall–Kier alpha value is -2.83. The molecule has 0 bridgehead atoms. The summed E-state index contributed by atoms with van der Waals surface area (Å²) in [5, 5.41) is 6.36. The fourth-order valence-corrected chi connectivity index (χ4v) is 4.21. The van der Waals surface area contributed by atoms with E-state index in [0.29, 0.717) is 28.6 Å². The monoisotopic (exact) mass is 453 g/mol. The molecule has 2 aromatic rings. The minimum absolute atomic E-state index is 0.154. The highest BCUT2D eigenvalue weighted by Gasteiger charge is 2.23. The van der Waals surface area contributed by atoms with Gasteiger partial charge in [-0.1, -0.05) is 36.6 Å². The Morgan fingerprint density at radius 2 is 1.94 bits per heavy atom. The first-order chi connectivity index (χ1) is 15.6. The number of hydrogen-bond acceptors (Lipinski definition) is 4. The minimum Gasteiger partial charge on any atom is -0.449 e. The molecule has 0 unspecified atom stereocenters. The molecule has 32 heavy (non-hydrogen) atoms. The molecule has 2 heterocycles. The molecule has 0 aromatic heterocycles. The van der Waals surface area contributed by atoms with Crippen molar-refractivity contribution < 1.29 is 14.3 Å². The lowest BCUT2D eigenvalue weighted by Crippen LogP contribution is -2.30. The Labute approximate surface area is 193 Å². The lowest BCUT2D eigenvalue weighted by Gasteiger charge is -2.21. The third kappa shape index (κ3) is 5.90. The van der Waals surface area contributed by atoms with Crippen LogP contribution in [0.2, 0.25) is 5.02 Å². The summed E-state index contributed by atoms with van der Waals surface area (Å²) in [5.41, 5.74) is 1.74. The number of rotatable bonds is 6. The number of nitrogens with zero attached hydrogens (tertiary/aromatic N) is 1. The van der Waals surface area contributed by atoms with Gasteiger partial charge in [0.2, 0.25) is 0 Å². The maximum Gasteiger partial charge on any atom is 0.291 e. The van der Waals surface area contributed by atoms with Gasteiger partial charge < -0.3 is 20.3 Å². The van der Waals surface area contributed by atoms with Crippen molar-refractivity contribution in [2.75, 3.05) is 31.5 Å². The summed E-state index contributed by atoms with van der Waals surface area (Å²) in [6, 6.07) is 12.2. The van der Waals surface area contributed by atoms with E-state index in [2.05, 4.69) is 15.5 Å². The summed E-state index contributed by atoms with van der Waals surface area (Å²) >= 11 is 6.01. The molecule has 2 amide bonds. The zero-order valence-corrected chi connectivity index (χ0v) is 18.8. The third-order valence-corrected chi connectivity index (χ3v) is 5.95. The van der Waals surface area contributed by atoms with Crippen LogP contribution in [0.1, 0.15) is 48.0 Å². The van der Waals surface area contributed by atoms with Gasteiger partial charge in [-0.05, 0) is 80.9 Å². The van der Waals surface area contributed by atoms with Crippen LogP contribution in [0, 0.1) is 0 Å². The zero-order valence-electron chi connectivity index (χ0n) is 18.0. The predicted molar refractivity (Wildman–Crippen MR) is 127 cm³/mol. The SMILES string of the molecule is O=C1Nc2cc(C(=O)NCCCN3CCCCCC3)ccc2O/C1=C/c1cccc(Cl)c1. The van der Waals surface area contributed by atoms with Crippen LogP contribution in [0.25, 0.3) is 6.08 Å². The molecule has 2 aliphatic heterocycles. The van der Waals surface area contributed by atoms with Crippen molar-refractivity contribution in [1.29, 1.82) is 0 Å². The van der Waals surface area contributed by atoms with Crippen molar-refractivity contribution in [2.45, 2.75) is 32.1 Å². The molecule has 1 fully saturated rings. The number of carbonyl (C=O) groups excluding carboxylic acids is 2. The second-order valence-corrected chi connectivity index (χ2v) is 8.63. The van der Waals surface area contributed by atoms with Crippen LogP contribution in [0.15, 0.2) is 48.2 Å². The summed E-state index contributed by atoms with van der Waals surface area (Å²) in [4.78, 5) is 27.5. The molecular weight excluding hydrogens is 426 g/mol. The molecule has 1 saturated heterocycles. The Morgan fingerprint density at radius 3 is 2.72 bits per heavy atom. The van der Waals surface area contributed by atoms with E-state index in [1.54, 1.807) is 36.4 Å². The molecule has 2 N–H and O–H groups in total. The lowest BCUT2D eigenvalue weighted by molar-refractivity contribution is -0.115. The van der Waals surface area contributed by atoms with Gasteiger partial charge >= 0.3 is 0 Å². The summed E-state index contributed by atoms with van der Waals surface area (Å²) in [5.74, 6) is 0.145. The van der Waals surface area contributed by atoms with E-state index in [-0.39, 0.29) is 17.6 Å². The van der Waals surface area contributed by atoms with Crippen molar-refractivity contribution in [3.05, 3.63) is 64.4 Å². The molecule has 4 rings (SSSR count). The van der Waals surface area contributed by atoms with E-state index in [1.165, 1.54) is 25.7 Å². The van der Waals surface area contributed by atoms with Crippen LogP contribution in [0.4, 0.5) is 5.69 Å². The number of hydrogen-bond donors (Lipinski definition) is 2. The smallest absolute Gasteiger partial charge is 0.291 e. The maximum atomic E-state index is 12.6. The van der Waals surface area contributed by atoms with Gasteiger partial charge in [-0.2, -0.15) is 0 Å². The Morgan fingerprint density at radius 1 is 1.12 bits per heavy atom. The van der Waals surface area contributed by atoms with Crippen molar-refractivity contribution in [3.63, 3.8) is 0 Å². The quantitative estimate of drug-likeness (QED) is 0.491. The first-order valence-electron chi connectivity index (χ1n) is 11.2. The maximum absolute atomic E-state index is 12.6. The first-order valence-corrected chi connectivity index (χ1v) is 11.6. The molecule has 7 heteroatoms. The van der Waals surface area contributed by atoms with Crippen LogP contribution in [-0.2, 0) is 4.79 Å². The highest BCUT2D eigenvalue weighted by Crippen LogP contribution is 2.32. The van der Waals surface area contributed by atoms with Gasteiger partial charge in [-0.25, -0.2) is 0 Å². The van der Waals surface area contributed by atoms with E-state index in [1.807, 2.05) is 12.1 Å². The molecule has 2 aromatic carbocycles. The van der Waals surface area contributed by atoms with Crippen LogP contribution in [0.5, 0.6) is 5.75 Å². The first kappa shape index (κ1) is 22.4. The Kier molecular flexibility index (Phi) is 7.45. The number of amides is 2. The second-order valence-electron chi connectivity index (χ2n) is 8.20. The van der Waals surface area contributed by atoms with Crippen LogP contribution in [0.3, 0.4) is 0 Å².